The second-order valence-corrected chi connectivity index (χ2v) is 5.64. The van der Waals surface area contributed by atoms with Crippen molar-refractivity contribution in [1.29, 1.82) is 0 Å². The van der Waals surface area contributed by atoms with Crippen molar-refractivity contribution >= 4 is 33.3 Å². The molecule has 2 heterocycles. The number of nitrogens with zero attached hydrogens (tertiary/aromatic N) is 3. The molecule has 0 spiro atoms. The van der Waals surface area contributed by atoms with Gasteiger partial charge in [-0.05, 0) is 46.8 Å². The summed E-state index contributed by atoms with van der Waals surface area (Å²) in [6, 6.07) is 8.58. The molecule has 0 atom stereocenters. The third kappa shape index (κ3) is 2.38. The van der Waals surface area contributed by atoms with Gasteiger partial charge in [0.2, 0.25) is 0 Å². The van der Waals surface area contributed by atoms with Crippen LogP contribution in [-0.4, -0.2) is 23.6 Å². The fourth-order valence-corrected chi connectivity index (χ4v) is 3.25. The maximum absolute atomic E-state index is 4.48. The summed E-state index contributed by atoms with van der Waals surface area (Å²) in [5, 5.41) is 3.09. The van der Waals surface area contributed by atoms with E-state index in [0.717, 1.165) is 29.1 Å². The number of hydrogen-bond donors (Lipinski definition) is 1. The highest BCUT2D eigenvalue weighted by molar-refractivity contribution is 9.10. The first-order valence-corrected chi connectivity index (χ1v) is 7.64. The molecule has 0 unspecified atom stereocenters. The molecular weight excluding hydrogens is 316 g/mol. The molecule has 0 bridgehead atoms. The van der Waals surface area contributed by atoms with Crippen LogP contribution in [0.4, 0.5) is 17.3 Å². The Hall–Kier alpha value is -1.62. The molecule has 1 aromatic heterocycles. The third-order valence-electron chi connectivity index (χ3n) is 3.62. The molecule has 1 aliphatic rings. The van der Waals surface area contributed by atoms with E-state index in [1.54, 1.807) is 6.33 Å². The van der Waals surface area contributed by atoms with Crippen molar-refractivity contribution in [1.82, 2.24) is 9.97 Å². The Morgan fingerprint density at radius 2 is 2.05 bits per heavy atom. The van der Waals surface area contributed by atoms with Crippen LogP contribution < -0.4 is 10.2 Å². The Morgan fingerprint density at radius 3 is 2.90 bits per heavy atom. The minimum atomic E-state index is 0.816. The topological polar surface area (TPSA) is 41.1 Å². The number of halogens is 1. The number of aromatic nitrogens is 2. The van der Waals surface area contributed by atoms with Gasteiger partial charge < -0.3 is 10.2 Å². The summed E-state index contributed by atoms with van der Waals surface area (Å²) in [7, 11) is 1.87. The molecule has 0 saturated carbocycles. The maximum Gasteiger partial charge on any atom is 0.152 e. The molecule has 1 N–H and O–H groups in total. The van der Waals surface area contributed by atoms with Crippen LogP contribution in [0.2, 0.25) is 0 Å². The monoisotopic (exact) mass is 332 g/mol. The van der Waals surface area contributed by atoms with Crippen molar-refractivity contribution in [3.8, 4) is 0 Å². The predicted molar refractivity (Wildman–Crippen MR) is 85.7 cm³/mol. The van der Waals surface area contributed by atoms with Gasteiger partial charge in [0, 0.05) is 19.3 Å². The van der Waals surface area contributed by atoms with E-state index in [9.17, 15) is 0 Å². The van der Waals surface area contributed by atoms with Crippen molar-refractivity contribution in [3.63, 3.8) is 0 Å². The van der Waals surface area contributed by atoms with Gasteiger partial charge in [0.25, 0.3) is 0 Å². The zero-order valence-electron chi connectivity index (χ0n) is 11.4. The first-order valence-electron chi connectivity index (χ1n) is 6.85. The number of para-hydroxylation sites is 1. The van der Waals surface area contributed by atoms with Crippen LogP contribution in [-0.2, 0) is 6.42 Å². The number of rotatable bonds is 2. The molecule has 0 saturated heterocycles. The minimum Gasteiger partial charge on any atom is -0.372 e. The van der Waals surface area contributed by atoms with Crippen molar-refractivity contribution in [2.45, 2.75) is 19.3 Å². The van der Waals surface area contributed by atoms with Crippen LogP contribution >= 0.6 is 15.9 Å². The minimum absolute atomic E-state index is 0.816. The third-order valence-corrected chi connectivity index (χ3v) is 4.35. The van der Waals surface area contributed by atoms with Crippen molar-refractivity contribution in [2.75, 3.05) is 23.8 Å². The molecule has 5 heteroatoms. The van der Waals surface area contributed by atoms with Gasteiger partial charge in [-0.1, -0.05) is 18.2 Å². The van der Waals surface area contributed by atoms with E-state index in [-0.39, 0.29) is 0 Å². The first-order chi connectivity index (χ1) is 9.81. The average Bonchev–Trinajstić information content (AvgIpc) is 2.70. The van der Waals surface area contributed by atoms with Crippen LogP contribution in [0.25, 0.3) is 0 Å². The predicted octanol–water partition coefficient (Wildman–Crippen LogP) is 3.76. The number of hydrogen-bond acceptors (Lipinski definition) is 4. The van der Waals surface area contributed by atoms with Gasteiger partial charge in [0.1, 0.15) is 16.6 Å². The van der Waals surface area contributed by atoms with Crippen molar-refractivity contribution in [2.24, 2.45) is 0 Å². The summed E-state index contributed by atoms with van der Waals surface area (Å²) in [5.41, 5.74) is 2.65. The highest BCUT2D eigenvalue weighted by Gasteiger charge is 2.20. The molecule has 20 heavy (non-hydrogen) atoms. The van der Waals surface area contributed by atoms with Gasteiger partial charge >= 0.3 is 0 Å². The Kier molecular flexibility index (Phi) is 3.87. The summed E-state index contributed by atoms with van der Waals surface area (Å²) in [4.78, 5) is 11.0. The maximum atomic E-state index is 4.48. The molecule has 4 nitrogen and oxygen atoms in total. The fraction of sp³-hybridized carbons (Fsp3) is 0.333. The smallest absolute Gasteiger partial charge is 0.152 e. The van der Waals surface area contributed by atoms with Crippen LogP contribution in [0.1, 0.15) is 18.4 Å². The normalized spacial score (nSPS) is 14.6. The van der Waals surface area contributed by atoms with Crippen LogP contribution in [0.5, 0.6) is 0 Å². The lowest BCUT2D eigenvalue weighted by atomic mass is 10.1. The number of aryl methyl sites for hydroxylation is 1. The molecule has 1 aromatic carbocycles. The van der Waals surface area contributed by atoms with Crippen molar-refractivity contribution < 1.29 is 0 Å². The van der Waals surface area contributed by atoms with Crippen LogP contribution in [0.15, 0.2) is 35.1 Å². The molecule has 2 aromatic rings. The molecule has 0 amide bonds. The zero-order chi connectivity index (χ0) is 13.9. The van der Waals surface area contributed by atoms with E-state index in [1.165, 1.54) is 24.1 Å². The van der Waals surface area contributed by atoms with Gasteiger partial charge in [0.15, 0.2) is 5.82 Å². The lowest BCUT2D eigenvalue weighted by Crippen LogP contribution is -2.20. The fourth-order valence-electron chi connectivity index (χ4n) is 2.63. The zero-order valence-corrected chi connectivity index (χ0v) is 13.0. The first kappa shape index (κ1) is 13.4. The Labute approximate surface area is 127 Å². The lowest BCUT2D eigenvalue weighted by molar-refractivity contribution is 0.756. The van der Waals surface area contributed by atoms with E-state index in [4.69, 9.17) is 0 Å². The number of nitrogens with one attached hydrogen (secondary N) is 1. The van der Waals surface area contributed by atoms with Gasteiger partial charge in [-0.15, -0.1) is 0 Å². The summed E-state index contributed by atoms with van der Waals surface area (Å²) in [6.07, 6.45) is 5.13. The quantitative estimate of drug-likeness (QED) is 0.909. The standard InChI is InChI=1S/C15H17BrN4/c1-17-14-13(16)15(19-10-18-14)20-9-5-4-7-11-6-2-3-8-12(11)20/h2-3,6,8,10H,4-5,7,9H2,1H3,(H,17,18,19). The Morgan fingerprint density at radius 1 is 1.20 bits per heavy atom. The van der Waals surface area contributed by atoms with Crippen molar-refractivity contribution in [3.05, 3.63) is 40.6 Å². The van der Waals surface area contributed by atoms with Crippen LogP contribution in [0.3, 0.4) is 0 Å². The molecule has 104 valence electrons. The summed E-state index contributed by atoms with van der Waals surface area (Å²) in [6.45, 7) is 0.982. The SMILES string of the molecule is CNc1ncnc(N2CCCCc3ccccc32)c1Br. The van der Waals surface area contributed by atoms with Gasteiger partial charge in [0.05, 0.1) is 0 Å². The summed E-state index contributed by atoms with van der Waals surface area (Å²) >= 11 is 3.63. The highest BCUT2D eigenvalue weighted by Crippen LogP contribution is 2.37. The van der Waals surface area contributed by atoms with E-state index in [2.05, 4.69) is 60.4 Å². The number of anilines is 3. The Balaban J connectivity index is 2.10. The van der Waals surface area contributed by atoms with Crippen LogP contribution in [0, 0.1) is 0 Å². The summed E-state index contributed by atoms with van der Waals surface area (Å²) < 4.78 is 0.916. The van der Waals surface area contributed by atoms with Gasteiger partial charge in [-0.25, -0.2) is 9.97 Å². The average molecular weight is 333 g/mol. The lowest BCUT2D eigenvalue weighted by Gasteiger charge is -2.25. The number of benzene rings is 1. The molecule has 1 aliphatic heterocycles. The molecule has 0 fully saturated rings. The number of fused-ring (bicyclic) bond motifs is 1. The Bertz CT molecular complexity index is 615. The molecule has 0 aliphatic carbocycles. The molecular formula is C15H17BrN4. The largest absolute Gasteiger partial charge is 0.372 e. The van der Waals surface area contributed by atoms with E-state index in [1.807, 2.05) is 7.05 Å². The van der Waals surface area contributed by atoms with Gasteiger partial charge in [-0.3, -0.25) is 0 Å². The molecule has 0 radical (unpaired) electrons. The van der Waals surface area contributed by atoms with Gasteiger partial charge in [-0.2, -0.15) is 0 Å². The highest BCUT2D eigenvalue weighted by atomic mass is 79.9. The van der Waals surface area contributed by atoms with E-state index in [0.29, 0.717) is 0 Å². The second kappa shape index (κ2) is 5.79. The second-order valence-electron chi connectivity index (χ2n) is 4.85. The van der Waals surface area contributed by atoms with E-state index >= 15 is 0 Å². The molecule has 3 rings (SSSR count). The van der Waals surface area contributed by atoms with E-state index < -0.39 is 0 Å². The summed E-state index contributed by atoms with van der Waals surface area (Å²) in [5.74, 6) is 1.75.